The Balaban J connectivity index is 1.77. The van der Waals surface area contributed by atoms with E-state index < -0.39 is 29.2 Å². The maximum absolute atomic E-state index is 13.9. The Bertz CT molecular complexity index is 944. The molecule has 0 spiro atoms. The fourth-order valence-corrected chi connectivity index (χ4v) is 3.17. The van der Waals surface area contributed by atoms with E-state index in [0.717, 1.165) is 30.3 Å². The zero-order valence-corrected chi connectivity index (χ0v) is 16.0. The molecule has 3 N–H and O–H groups in total. The monoisotopic (exact) mass is 423 g/mol. The van der Waals surface area contributed by atoms with Gasteiger partial charge < -0.3 is 10.4 Å². The molecule has 30 heavy (non-hydrogen) atoms. The van der Waals surface area contributed by atoms with Crippen LogP contribution in [0.15, 0.2) is 41.4 Å². The highest BCUT2D eigenvalue weighted by molar-refractivity contribution is 6.05. The van der Waals surface area contributed by atoms with E-state index in [9.17, 15) is 27.5 Å². The molecule has 0 aliphatic heterocycles. The van der Waals surface area contributed by atoms with Gasteiger partial charge in [-0.25, -0.2) is 22.6 Å². The van der Waals surface area contributed by atoms with Crippen molar-refractivity contribution in [2.24, 2.45) is 4.99 Å². The van der Waals surface area contributed by atoms with Crippen LogP contribution in [0, 0.1) is 23.3 Å². The maximum Gasteiger partial charge on any atom is 0.258 e. The first-order valence-corrected chi connectivity index (χ1v) is 9.51. The van der Waals surface area contributed by atoms with E-state index in [4.69, 9.17) is 0 Å². The topological polar surface area (TPSA) is 73.7 Å². The summed E-state index contributed by atoms with van der Waals surface area (Å²) in [6, 6.07) is 5.73. The maximum atomic E-state index is 13.9. The van der Waals surface area contributed by atoms with Crippen molar-refractivity contribution in [2.45, 2.75) is 44.4 Å². The van der Waals surface area contributed by atoms with Crippen molar-refractivity contribution in [3.63, 3.8) is 0 Å². The van der Waals surface area contributed by atoms with Crippen LogP contribution in [0.3, 0.4) is 0 Å². The van der Waals surface area contributed by atoms with E-state index in [0.29, 0.717) is 25.7 Å². The first kappa shape index (κ1) is 21.8. The van der Waals surface area contributed by atoms with Gasteiger partial charge in [-0.1, -0.05) is 6.07 Å². The SMILES string of the molecule is O=C(NC(=NCc1ccc(F)cc1F)NC1CCC(O)CC1)c1ccc(F)c(F)c1. The number of benzene rings is 2. The van der Waals surface area contributed by atoms with Gasteiger partial charge >= 0.3 is 0 Å². The Morgan fingerprint density at radius 1 is 0.967 bits per heavy atom. The minimum Gasteiger partial charge on any atom is -0.393 e. The van der Waals surface area contributed by atoms with E-state index in [1.54, 1.807) is 0 Å². The molecule has 1 aliphatic rings. The molecule has 2 aromatic rings. The van der Waals surface area contributed by atoms with E-state index >= 15 is 0 Å². The molecule has 0 bridgehead atoms. The van der Waals surface area contributed by atoms with Gasteiger partial charge in [0.2, 0.25) is 0 Å². The molecule has 1 aliphatic carbocycles. The fraction of sp³-hybridized carbons (Fsp3) is 0.333. The van der Waals surface area contributed by atoms with Crippen LogP contribution in [0.1, 0.15) is 41.6 Å². The lowest BCUT2D eigenvalue weighted by atomic mass is 9.93. The molecule has 2 aromatic carbocycles. The molecular formula is C21H21F4N3O2. The van der Waals surface area contributed by atoms with Crippen LogP contribution in [-0.4, -0.2) is 29.1 Å². The minimum atomic E-state index is -1.16. The summed E-state index contributed by atoms with van der Waals surface area (Å²) in [6.07, 6.45) is 2.04. The van der Waals surface area contributed by atoms with Gasteiger partial charge in [0, 0.05) is 23.2 Å². The molecule has 160 valence electrons. The number of nitrogens with one attached hydrogen (secondary N) is 2. The smallest absolute Gasteiger partial charge is 0.258 e. The summed E-state index contributed by atoms with van der Waals surface area (Å²) in [7, 11) is 0. The first-order chi connectivity index (χ1) is 14.3. The molecule has 0 aromatic heterocycles. The molecular weight excluding hydrogens is 402 g/mol. The van der Waals surface area contributed by atoms with Crippen LogP contribution in [0.25, 0.3) is 0 Å². The molecule has 0 unspecified atom stereocenters. The van der Waals surface area contributed by atoms with Gasteiger partial charge in [-0.3, -0.25) is 10.1 Å². The lowest BCUT2D eigenvalue weighted by Gasteiger charge is -2.27. The van der Waals surface area contributed by atoms with Crippen molar-refractivity contribution in [2.75, 3.05) is 0 Å². The standard InChI is InChI=1S/C21H21F4N3O2/c22-14-3-1-13(18(24)10-14)11-26-21(27-15-4-6-16(29)7-5-15)28-20(30)12-2-8-17(23)19(25)9-12/h1-3,8-10,15-16,29H,4-7,11H2,(H2,26,27,28,30). The summed E-state index contributed by atoms with van der Waals surface area (Å²) in [5.41, 5.74) is 0.00673. The summed E-state index contributed by atoms with van der Waals surface area (Å²) in [4.78, 5) is 16.6. The second-order valence-electron chi connectivity index (χ2n) is 7.13. The molecule has 5 nitrogen and oxygen atoms in total. The number of carbonyl (C=O) groups is 1. The number of halogens is 4. The molecule has 9 heteroatoms. The van der Waals surface area contributed by atoms with Crippen LogP contribution in [-0.2, 0) is 6.54 Å². The number of hydrogen-bond acceptors (Lipinski definition) is 3. The zero-order valence-electron chi connectivity index (χ0n) is 16.0. The first-order valence-electron chi connectivity index (χ1n) is 9.51. The molecule has 0 atom stereocenters. The summed E-state index contributed by atoms with van der Waals surface area (Å²) < 4.78 is 53.5. The molecule has 0 radical (unpaired) electrons. The van der Waals surface area contributed by atoms with Crippen LogP contribution in [0.4, 0.5) is 17.6 Å². The Morgan fingerprint density at radius 3 is 2.37 bits per heavy atom. The lowest BCUT2D eigenvalue weighted by Crippen LogP contribution is -2.47. The van der Waals surface area contributed by atoms with Gasteiger partial charge in [0.05, 0.1) is 12.6 Å². The Morgan fingerprint density at radius 2 is 1.70 bits per heavy atom. The predicted molar refractivity (Wildman–Crippen MR) is 103 cm³/mol. The van der Waals surface area contributed by atoms with Crippen molar-refractivity contribution in [3.8, 4) is 0 Å². The van der Waals surface area contributed by atoms with Gasteiger partial charge in [0.1, 0.15) is 11.6 Å². The number of hydrogen-bond donors (Lipinski definition) is 3. The number of guanidine groups is 1. The number of carbonyl (C=O) groups excluding carboxylic acids is 1. The minimum absolute atomic E-state index is 0.0230. The highest BCUT2D eigenvalue weighted by Crippen LogP contribution is 2.18. The third-order valence-corrected chi connectivity index (χ3v) is 4.87. The van der Waals surface area contributed by atoms with Crippen LogP contribution < -0.4 is 10.6 Å². The molecule has 0 heterocycles. The number of aliphatic hydroxyl groups is 1. The fourth-order valence-electron chi connectivity index (χ4n) is 3.17. The molecule has 1 fully saturated rings. The summed E-state index contributed by atoms with van der Waals surface area (Å²) >= 11 is 0. The number of nitrogens with zero attached hydrogens (tertiary/aromatic N) is 1. The van der Waals surface area contributed by atoms with Gasteiger partial charge in [-0.05, 0) is 49.9 Å². The summed E-state index contributed by atoms with van der Waals surface area (Å²) in [5.74, 6) is -4.43. The second kappa shape index (κ2) is 9.71. The highest BCUT2D eigenvalue weighted by atomic mass is 19.2. The van der Waals surface area contributed by atoms with Crippen molar-refractivity contribution in [3.05, 3.63) is 70.8 Å². The van der Waals surface area contributed by atoms with Gasteiger partial charge in [0.25, 0.3) is 5.91 Å². The Kier molecular flexibility index (Phi) is 7.04. The largest absolute Gasteiger partial charge is 0.393 e. The number of amides is 1. The van der Waals surface area contributed by atoms with Crippen LogP contribution >= 0.6 is 0 Å². The molecule has 1 saturated carbocycles. The quantitative estimate of drug-likeness (QED) is 0.401. The van der Waals surface area contributed by atoms with E-state index in [-0.39, 0.29) is 35.8 Å². The second-order valence-corrected chi connectivity index (χ2v) is 7.13. The average Bonchev–Trinajstić information content (AvgIpc) is 2.70. The molecule has 1 amide bonds. The molecule has 0 saturated heterocycles. The number of rotatable bonds is 4. The van der Waals surface area contributed by atoms with Crippen LogP contribution in [0.2, 0.25) is 0 Å². The third-order valence-electron chi connectivity index (χ3n) is 4.87. The summed E-state index contributed by atoms with van der Waals surface area (Å²) in [5, 5.41) is 15.2. The highest BCUT2D eigenvalue weighted by Gasteiger charge is 2.21. The van der Waals surface area contributed by atoms with Crippen LogP contribution in [0.5, 0.6) is 0 Å². The number of aliphatic imine (C=N–C) groups is 1. The van der Waals surface area contributed by atoms with Gasteiger partial charge in [-0.15, -0.1) is 0 Å². The van der Waals surface area contributed by atoms with Crippen molar-refractivity contribution in [1.82, 2.24) is 10.6 Å². The van der Waals surface area contributed by atoms with E-state index in [2.05, 4.69) is 15.6 Å². The Hall–Kier alpha value is -2.94. The molecule has 3 rings (SSSR count). The van der Waals surface area contributed by atoms with E-state index in [1.807, 2.05) is 0 Å². The zero-order chi connectivity index (χ0) is 21.7. The predicted octanol–water partition coefficient (Wildman–Crippen LogP) is 3.42. The number of aliphatic hydroxyl groups excluding tert-OH is 1. The van der Waals surface area contributed by atoms with Crippen molar-refractivity contribution in [1.29, 1.82) is 0 Å². The summed E-state index contributed by atoms with van der Waals surface area (Å²) in [6.45, 7) is -0.179. The van der Waals surface area contributed by atoms with Gasteiger partial charge in [0.15, 0.2) is 17.6 Å². The normalized spacial score (nSPS) is 19.4. The third kappa shape index (κ3) is 5.79. The van der Waals surface area contributed by atoms with E-state index in [1.165, 1.54) is 6.07 Å². The average molecular weight is 423 g/mol. The van der Waals surface area contributed by atoms with Gasteiger partial charge in [-0.2, -0.15) is 0 Å². The lowest BCUT2D eigenvalue weighted by molar-refractivity contribution is 0.0972. The van der Waals surface area contributed by atoms with Crippen molar-refractivity contribution >= 4 is 11.9 Å². The van der Waals surface area contributed by atoms with Crippen molar-refractivity contribution < 1.29 is 27.5 Å². The Labute approximate surface area is 170 Å².